The lowest BCUT2D eigenvalue weighted by molar-refractivity contribution is 0.222. The minimum absolute atomic E-state index is 0.314. The van der Waals surface area contributed by atoms with Crippen molar-refractivity contribution in [1.82, 2.24) is 0 Å². The van der Waals surface area contributed by atoms with E-state index in [-0.39, 0.29) is 0 Å². The summed E-state index contributed by atoms with van der Waals surface area (Å²) in [6.45, 7) is 17.2. The van der Waals surface area contributed by atoms with Gasteiger partial charge in [0.25, 0.3) is 0 Å². The fraction of sp³-hybridized carbons (Fsp3) is 0.818. The minimum Gasteiger partial charge on any atom is -0.410 e. The maximum absolute atomic E-state index is 6.13. The second kappa shape index (κ2) is 4.96. The van der Waals surface area contributed by atoms with Crippen LogP contribution in [0.1, 0.15) is 41.5 Å². The van der Waals surface area contributed by atoms with E-state index in [2.05, 4.69) is 53.8 Å². The van der Waals surface area contributed by atoms with E-state index >= 15 is 0 Å². The highest BCUT2D eigenvalue weighted by atomic mass is 28.4. The monoisotopic (exact) mass is 200 g/mol. The summed E-state index contributed by atoms with van der Waals surface area (Å²) >= 11 is 0. The van der Waals surface area contributed by atoms with Crippen molar-refractivity contribution < 1.29 is 4.43 Å². The zero-order valence-electron chi connectivity index (χ0n) is 9.92. The van der Waals surface area contributed by atoms with Crippen LogP contribution in [0.3, 0.4) is 0 Å². The largest absolute Gasteiger partial charge is 0.410 e. The van der Waals surface area contributed by atoms with Gasteiger partial charge in [-0.15, -0.1) is 6.58 Å². The summed E-state index contributed by atoms with van der Waals surface area (Å²) < 4.78 is 6.13. The molecule has 0 unspecified atom stereocenters. The van der Waals surface area contributed by atoms with Crippen molar-refractivity contribution in [2.24, 2.45) is 0 Å². The Morgan fingerprint density at radius 1 is 1.00 bits per heavy atom. The van der Waals surface area contributed by atoms with E-state index in [0.29, 0.717) is 17.2 Å². The normalized spacial score (nSPS) is 13.0. The van der Waals surface area contributed by atoms with Crippen molar-refractivity contribution in [3.63, 3.8) is 0 Å². The Hall–Kier alpha value is -0.0831. The van der Waals surface area contributed by atoms with Gasteiger partial charge in [0.1, 0.15) is 0 Å². The molecule has 2 heteroatoms. The SMILES string of the molecule is C=C[Si](OC(C)C)(C(C)C)C(C)C. The van der Waals surface area contributed by atoms with E-state index in [1.807, 2.05) is 0 Å². The van der Waals surface area contributed by atoms with Crippen LogP contribution in [0.4, 0.5) is 0 Å². The van der Waals surface area contributed by atoms with Crippen molar-refractivity contribution in [1.29, 1.82) is 0 Å². The molecule has 0 fully saturated rings. The van der Waals surface area contributed by atoms with Crippen LogP contribution in [0.25, 0.3) is 0 Å². The average molecular weight is 200 g/mol. The molecule has 0 radical (unpaired) electrons. The summed E-state index contributed by atoms with van der Waals surface area (Å²) in [4.78, 5) is 0. The molecule has 0 rings (SSSR count). The highest BCUT2D eigenvalue weighted by molar-refractivity contribution is 6.81. The van der Waals surface area contributed by atoms with E-state index in [9.17, 15) is 0 Å². The standard InChI is InChI=1S/C11H24OSi/c1-8-13(10(4)5,11(6)7)12-9(2)3/h8-11H,1H2,2-7H3. The van der Waals surface area contributed by atoms with Gasteiger partial charge in [0.15, 0.2) is 0 Å². The second-order valence-corrected chi connectivity index (χ2v) is 9.19. The quantitative estimate of drug-likeness (QED) is 0.612. The van der Waals surface area contributed by atoms with Crippen molar-refractivity contribution in [2.45, 2.75) is 58.7 Å². The lowest BCUT2D eigenvalue weighted by Gasteiger charge is -2.37. The molecule has 0 aromatic heterocycles. The molecular weight excluding hydrogens is 176 g/mol. The Labute approximate surface area is 84.3 Å². The Balaban J connectivity index is 4.76. The molecule has 0 aromatic carbocycles. The Bertz CT molecular complexity index is 153. The summed E-state index contributed by atoms with van der Waals surface area (Å²) in [6.07, 6.45) is 0.314. The summed E-state index contributed by atoms with van der Waals surface area (Å²) in [5, 5.41) is 0. The van der Waals surface area contributed by atoms with Gasteiger partial charge < -0.3 is 4.43 Å². The molecule has 78 valence electrons. The van der Waals surface area contributed by atoms with Crippen LogP contribution >= 0.6 is 0 Å². The predicted molar refractivity (Wildman–Crippen MR) is 62.4 cm³/mol. The molecular formula is C11H24OSi. The van der Waals surface area contributed by atoms with Gasteiger partial charge in [-0.3, -0.25) is 0 Å². The van der Waals surface area contributed by atoms with Gasteiger partial charge >= 0.3 is 0 Å². The third-order valence-electron chi connectivity index (χ3n) is 2.56. The molecule has 0 atom stereocenters. The van der Waals surface area contributed by atoms with Gasteiger partial charge in [0, 0.05) is 6.10 Å². The van der Waals surface area contributed by atoms with E-state index in [1.165, 1.54) is 0 Å². The van der Waals surface area contributed by atoms with Gasteiger partial charge in [-0.05, 0) is 24.9 Å². The van der Waals surface area contributed by atoms with Crippen molar-refractivity contribution in [2.75, 3.05) is 0 Å². The molecule has 0 aliphatic rings. The molecule has 0 heterocycles. The Morgan fingerprint density at radius 3 is 1.46 bits per heavy atom. The predicted octanol–water partition coefficient (Wildman–Crippen LogP) is 3.90. The van der Waals surface area contributed by atoms with Crippen molar-refractivity contribution in [3.05, 3.63) is 12.3 Å². The summed E-state index contributed by atoms with van der Waals surface area (Å²) in [6, 6.07) is 0. The Morgan fingerprint density at radius 2 is 1.38 bits per heavy atom. The first-order valence-electron chi connectivity index (χ1n) is 5.18. The highest BCUT2D eigenvalue weighted by Gasteiger charge is 2.39. The van der Waals surface area contributed by atoms with Gasteiger partial charge in [-0.1, -0.05) is 33.4 Å². The minimum atomic E-state index is -1.72. The molecule has 0 aromatic rings. The van der Waals surface area contributed by atoms with Gasteiger partial charge in [0.2, 0.25) is 8.32 Å². The second-order valence-electron chi connectivity index (χ2n) is 4.53. The topological polar surface area (TPSA) is 9.23 Å². The van der Waals surface area contributed by atoms with Crippen LogP contribution in [-0.2, 0) is 4.43 Å². The van der Waals surface area contributed by atoms with Crippen LogP contribution < -0.4 is 0 Å². The molecule has 0 saturated heterocycles. The fourth-order valence-corrected chi connectivity index (χ4v) is 5.60. The van der Waals surface area contributed by atoms with E-state index < -0.39 is 8.32 Å². The van der Waals surface area contributed by atoms with Crippen LogP contribution in [-0.4, -0.2) is 14.4 Å². The number of hydrogen-bond acceptors (Lipinski definition) is 1. The lowest BCUT2D eigenvalue weighted by Crippen LogP contribution is -2.44. The summed E-state index contributed by atoms with van der Waals surface area (Å²) in [7, 11) is -1.72. The van der Waals surface area contributed by atoms with Crippen molar-refractivity contribution in [3.8, 4) is 0 Å². The summed E-state index contributed by atoms with van der Waals surface area (Å²) in [5.41, 5.74) is 3.31. The molecule has 0 amide bonds. The van der Waals surface area contributed by atoms with E-state index in [0.717, 1.165) is 0 Å². The van der Waals surface area contributed by atoms with E-state index in [1.54, 1.807) is 0 Å². The third kappa shape index (κ3) is 2.95. The first-order chi connectivity index (χ1) is 5.86. The Kier molecular flexibility index (Phi) is 4.93. The molecule has 0 saturated carbocycles. The zero-order valence-corrected chi connectivity index (χ0v) is 10.9. The highest BCUT2D eigenvalue weighted by Crippen LogP contribution is 2.34. The van der Waals surface area contributed by atoms with Crippen LogP contribution in [0.5, 0.6) is 0 Å². The fourth-order valence-electron chi connectivity index (χ4n) is 1.87. The van der Waals surface area contributed by atoms with E-state index in [4.69, 9.17) is 4.43 Å². The molecule has 0 aliphatic heterocycles. The molecule has 0 spiro atoms. The molecule has 13 heavy (non-hydrogen) atoms. The maximum Gasteiger partial charge on any atom is 0.221 e. The average Bonchev–Trinajstić information content (AvgIpc) is 1.98. The van der Waals surface area contributed by atoms with Gasteiger partial charge in [-0.25, -0.2) is 0 Å². The maximum atomic E-state index is 6.13. The van der Waals surface area contributed by atoms with Crippen LogP contribution in [0.15, 0.2) is 12.3 Å². The zero-order chi connectivity index (χ0) is 10.6. The first-order valence-corrected chi connectivity index (χ1v) is 7.32. The number of rotatable bonds is 5. The summed E-state index contributed by atoms with van der Waals surface area (Å²) in [5.74, 6) is 0. The first kappa shape index (κ1) is 12.9. The smallest absolute Gasteiger partial charge is 0.221 e. The van der Waals surface area contributed by atoms with Gasteiger partial charge in [-0.2, -0.15) is 0 Å². The number of hydrogen-bond donors (Lipinski definition) is 0. The molecule has 0 aliphatic carbocycles. The van der Waals surface area contributed by atoms with Crippen LogP contribution in [0, 0.1) is 0 Å². The van der Waals surface area contributed by atoms with Crippen molar-refractivity contribution >= 4 is 8.32 Å². The molecule has 0 bridgehead atoms. The van der Waals surface area contributed by atoms with Crippen LogP contribution in [0.2, 0.25) is 11.1 Å². The van der Waals surface area contributed by atoms with Gasteiger partial charge in [0.05, 0.1) is 0 Å². The lowest BCUT2D eigenvalue weighted by atomic mass is 10.5. The molecule has 0 N–H and O–H groups in total. The third-order valence-corrected chi connectivity index (χ3v) is 7.69. The molecule has 1 nitrogen and oxygen atoms in total.